The maximum atomic E-state index is 5.94. The van der Waals surface area contributed by atoms with E-state index in [0.717, 1.165) is 23.6 Å². The first-order chi connectivity index (χ1) is 14.7. The minimum absolute atomic E-state index is 0.0811. The maximum absolute atomic E-state index is 5.94. The first-order valence-corrected chi connectivity index (χ1v) is 10.2. The van der Waals surface area contributed by atoms with Gasteiger partial charge in [0.15, 0.2) is 0 Å². The fourth-order valence-electron chi connectivity index (χ4n) is 3.16. The van der Waals surface area contributed by atoms with Crippen LogP contribution in [0.15, 0.2) is 85.5 Å². The van der Waals surface area contributed by atoms with Crippen molar-refractivity contribution in [3.8, 4) is 11.5 Å². The molecule has 1 atom stereocenters. The Bertz CT molecular complexity index is 1050. The molecule has 152 valence electrons. The van der Waals surface area contributed by atoms with Gasteiger partial charge in [0, 0.05) is 11.6 Å². The van der Waals surface area contributed by atoms with E-state index in [9.17, 15) is 0 Å². The summed E-state index contributed by atoms with van der Waals surface area (Å²) in [5, 5.41) is 8.59. The summed E-state index contributed by atoms with van der Waals surface area (Å²) < 4.78 is 7.75. The average Bonchev–Trinajstić information content (AvgIpc) is 3.28. The van der Waals surface area contributed by atoms with Crippen LogP contribution < -0.4 is 10.1 Å². The van der Waals surface area contributed by atoms with Crippen molar-refractivity contribution in [2.75, 3.05) is 0 Å². The fourth-order valence-corrected chi connectivity index (χ4v) is 3.28. The van der Waals surface area contributed by atoms with Crippen molar-refractivity contribution < 1.29 is 4.74 Å². The number of rotatable bonds is 8. The Kier molecular flexibility index (Phi) is 6.42. The molecular formula is C24H23ClN4O. The average molecular weight is 419 g/mol. The highest BCUT2D eigenvalue weighted by molar-refractivity contribution is 6.30. The largest absolute Gasteiger partial charge is 0.457 e. The van der Waals surface area contributed by atoms with E-state index in [-0.39, 0.29) is 6.04 Å². The van der Waals surface area contributed by atoms with E-state index < -0.39 is 0 Å². The second-order valence-electron chi connectivity index (χ2n) is 7.16. The number of aryl methyl sites for hydroxylation is 1. The Morgan fingerprint density at radius 1 is 0.933 bits per heavy atom. The van der Waals surface area contributed by atoms with Crippen LogP contribution >= 0.6 is 11.6 Å². The van der Waals surface area contributed by atoms with Crippen LogP contribution in [0, 0.1) is 6.92 Å². The van der Waals surface area contributed by atoms with Gasteiger partial charge < -0.3 is 10.1 Å². The van der Waals surface area contributed by atoms with Crippen LogP contribution in [0.4, 0.5) is 0 Å². The van der Waals surface area contributed by atoms with E-state index >= 15 is 0 Å². The first kappa shape index (κ1) is 20.1. The maximum Gasteiger partial charge on any atom is 0.137 e. The lowest BCUT2D eigenvalue weighted by atomic mass is 10.1. The van der Waals surface area contributed by atoms with E-state index in [1.165, 1.54) is 11.1 Å². The van der Waals surface area contributed by atoms with Crippen molar-refractivity contribution in [2.24, 2.45) is 0 Å². The Labute approximate surface area is 181 Å². The van der Waals surface area contributed by atoms with E-state index in [1.807, 2.05) is 41.1 Å². The molecule has 0 saturated heterocycles. The monoisotopic (exact) mass is 418 g/mol. The minimum Gasteiger partial charge on any atom is -0.457 e. The molecule has 1 unspecified atom stereocenters. The molecule has 0 aliphatic rings. The molecule has 0 bridgehead atoms. The van der Waals surface area contributed by atoms with Gasteiger partial charge in [-0.25, -0.2) is 4.98 Å². The van der Waals surface area contributed by atoms with Crippen LogP contribution in [0.25, 0.3) is 0 Å². The Morgan fingerprint density at radius 3 is 2.23 bits per heavy atom. The van der Waals surface area contributed by atoms with Gasteiger partial charge in [-0.15, -0.1) is 0 Å². The van der Waals surface area contributed by atoms with Gasteiger partial charge >= 0.3 is 0 Å². The number of nitrogens with one attached hydrogen (secondary N) is 1. The van der Waals surface area contributed by atoms with Gasteiger partial charge in [-0.05, 0) is 54.4 Å². The number of ether oxygens (including phenoxy) is 1. The van der Waals surface area contributed by atoms with Gasteiger partial charge in [-0.2, -0.15) is 5.10 Å². The molecule has 0 radical (unpaired) electrons. The molecule has 5 nitrogen and oxygen atoms in total. The molecule has 0 saturated carbocycles. The van der Waals surface area contributed by atoms with Crippen LogP contribution in [-0.2, 0) is 13.1 Å². The predicted octanol–water partition coefficient (Wildman–Crippen LogP) is 5.56. The molecule has 1 aromatic heterocycles. The number of aromatic nitrogens is 3. The van der Waals surface area contributed by atoms with Gasteiger partial charge in [-0.1, -0.05) is 53.6 Å². The molecule has 4 rings (SSSR count). The standard InChI is InChI=1S/C24H23ClN4O/c1-18-2-4-19(5-3-18)14-27-24(15-29-17-26-16-28-29)20-6-10-22(11-7-20)30-23-12-8-21(25)9-13-23/h2-13,16-17,24,27H,14-15H2,1H3. The van der Waals surface area contributed by atoms with Crippen LogP contribution in [0.5, 0.6) is 11.5 Å². The van der Waals surface area contributed by atoms with Gasteiger partial charge in [0.2, 0.25) is 0 Å². The highest BCUT2D eigenvalue weighted by Gasteiger charge is 2.13. The van der Waals surface area contributed by atoms with Crippen molar-refractivity contribution in [3.63, 3.8) is 0 Å². The zero-order chi connectivity index (χ0) is 20.8. The van der Waals surface area contributed by atoms with Crippen LogP contribution in [0.1, 0.15) is 22.7 Å². The topological polar surface area (TPSA) is 52.0 Å². The lowest BCUT2D eigenvalue weighted by Crippen LogP contribution is -2.25. The highest BCUT2D eigenvalue weighted by atomic mass is 35.5. The Hall–Kier alpha value is -3.15. The number of nitrogens with zero attached hydrogens (tertiary/aromatic N) is 3. The van der Waals surface area contributed by atoms with E-state index in [1.54, 1.807) is 12.7 Å². The molecule has 0 fully saturated rings. The molecule has 0 aliphatic carbocycles. The minimum atomic E-state index is 0.0811. The molecule has 30 heavy (non-hydrogen) atoms. The summed E-state index contributed by atoms with van der Waals surface area (Å²) in [7, 11) is 0. The molecule has 1 heterocycles. The second kappa shape index (κ2) is 9.57. The van der Waals surface area contributed by atoms with Gasteiger partial charge in [0.1, 0.15) is 24.2 Å². The first-order valence-electron chi connectivity index (χ1n) is 9.80. The molecule has 0 aliphatic heterocycles. The number of hydrogen-bond donors (Lipinski definition) is 1. The Morgan fingerprint density at radius 2 is 1.60 bits per heavy atom. The summed E-state index contributed by atoms with van der Waals surface area (Å²) in [4.78, 5) is 4.06. The molecule has 3 aromatic carbocycles. The van der Waals surface area contributed by atoms with Gasteiger partial charge in [0.05, 0.1) is 12.6 Å². The van der Waals surface area contributed by atoms with Crippen LogP contribution in [0.3, 0.4) is 0 Å². The van der Waals surface area contributed by atoms with Gasteiger partial charge in [-0.3, -0.25) is 4.68 Å². The summed E-state index contributed by atoms with van der Waals surface area (Å²) in [5.41, 5.74) is 3.65. The second-order valence-corrected chi connectivity index (χ2v) is 7.60. The highest BCUT2D eigenvalue weighted by Crippen LogP contribution is 2.25. The summed E-state index contributed by atoms with van der Waals surface area (Å²) >= 11 is 5.94. The zero-order valence-electron chi connectivity index (χ0n) is 16.7. The fraction of sp³-hybridized carbons (Fsp3) is 0.167. The molecular weight excluding hydrogens is 396 g/mol. The van der Waals surface area contributed by atoms with Crippen molar-refractivity contribution in [3.05, 3.63) is 107 Å². The molecule has 6 heteroatoms. The molecule has 1 N–H and O–H groups in total. The van der Waals surface area contributed by atoms with Crippen LogP contribution in [-0.4, -0.2) is 14.8 Å². The number of halogens is 1. The normalized spacial score (nSPS) is 11.9. The molecule has 4 aromatic rings. The Balaban J connectivity index is 1.47. The number of hydrogen-bond acceptors (Lipinski definition) is 4. The summed E-state index contributed by atoms with van der Waals surface area (Å²) in [6.45, 7) is 3.55. The summed E-state index contributed by atoms with van der Waals surface area (Å²) in [6.07, 6.45) is 3.29. The van der Waals surface area contributed by atoms with Crippen molar-refractivity contribution in [1.29, 1.82) is 0 Å². The zero-order valence-corrected chi connectivity index (χ0v) is 17.5. The smallest absolute Gasteiger partial charge is 0.137 e. The van der Waals surface area contributed by atoms with Gasteiger partial charge in [0.25, 0.3) is 0 Å². The number of benzene rings is 3. The van der Waals surface area contributed by atoms with Crippen molar-refractivity contribution in [2.45, 2.75) is 26.1 Å². The lowest BCUT2D eigenvalue weighted by Gasteiger charge is -2.20. The van der Waals surface area contributed by atoms with Crippen molar-refractivity contribution >= 4 is 11.6 Å². The summed E-state index contributed by atoms with van der Waals surface area (Å²) in [5.74, 6) is 1.53. The van der Waals surface area contributed by atoms with E-state index in [4.69, 9.17) is 16.3 Å². The third-order valence-electron chi connectivity index (χ3n) is 4.84. The third kappa shape index (κ3) is 5.47. The van der Waals surface area contributed by atoms with Crippen LogP contribution in [0.2, 0.25) is 5.02 Å². The van der Waals surface area contributed by atoms with E-state index in [2.05, 4.69) is 58.7 Å². The predicted molar refractivity (Wildman–Crippen MR) is 119 cm³/mol. The summed E-state index contributed by atoms with van der Waals surface area (Å²) in [6, 6.07) is 24.1. The third-order valence-corrected chi connectivity index (χ3v) is 5.09. The van der Waals surface area contributed by atoms with E-state index in [0.29, 0.717) is 11.6 Å². The SMILES string of the molecule is Cc1ccc(CNC(Cn2cncn2)c2ccc(Oc3ccc(Cl)cc3)cc2)cc1. The molecule has 0 amide bonds. The molecule has 0 spiro atoms. The quantitative estimate of drug-likeness (QED) is 0.406. The lowest BCUT2D eigenvalue weighted by molar-refractivity contribution is 0.435. The van der Waals surface area contributed by atoms with Crippen molar-refractivity contribution in [1.82, 2.24) is 20.1 Å².